The van der Waals surface area contributed by atoms with Gasteiger partial charge in [0.25, 0.3) is 0 Å². The van der Waals surface area contributed by atoms with Crippen LogP contribution in [-0.4, -0.2) is 23.4 Å². The van der Waals surface area contributed by atoms with Crippen LogP contribution in [0.3, 0.4) is 0 Å². The number of aliphatic hydroxyl groups excluding tert-OH is 2. The fourth-order valence-corrected chi connectivity index (χ4v) is 5.44. The summed E-state index contributed by atoms with van der Waals surface area (Å²) in [6.07, 6.45) is 12.7. The van der Waals surface area contributed by atoms with Gasteiger partial charge in [-0.25, -0.2) is 4.39 Å². The lowest BCUT2D eigenvalue weighted by Crippen LogP contribution is -2.13. The van der Waals surface area contributed by atoms with E-state index in [-0.39, 0.29) is 24.9 Å². The molecule has 2 aromatic carbocycles. The molecule has 1 aliphatic rings. The number of hydrogen-bond donors (Lipinski definition) is 2. The molecule has 1 fully saturated rings. The second-order valence-electron chi connectivity index (χ2n) is 10.1. The van der Waals surface area contributed by atoms with Gasteiger partial charge in [0.1, 0.15) is 5.82 Å². The minimum absolute atomic E-state index is 0.00723. The number of hydrogen-bond acceptors (Lipinski definition) is 2. The topological polar surface area (TPSA) is 40.5 Å². The zero-order valence-corrected chi connectivity index (χ0v) is 20.7. The van der Waals surface area contributed by atoms with Gasteiger partial charge in [-0.05, 0) is 85.1 Å². The van der Waals surface area contributed by atoms with Gasteiger partial charge in [0, 0.05) is 24.7 Å². The largest absolute Gasteiger partial charge is 0.396 e. The summed E-state index contributed by atoms with van der Waals surface area (Å²) in [5, 5.41) is 18.6. The summed E-state index contributed by atoms with van der Waals surface area (Å²) in [5.41, 5.74) is 5.16. The maximum absolute atomic E-state index is 15.3. The second-order valence-corrected chi connectivity index (χ2v) is 10.1. The minimum atomic E-state index is -0.111. The van der Waals surface area contributed by atoms with Crippen LogP contribution in [0.4, 0.5) is 4.39 Å². The Morgan fingerprint density at radius 3 is 2.27 bits per heavy atom. The zero-order valence-electron chi connectivity index (χ0n) is 20.7. The van der Waals surface area contributed by atoms with Gasteiger partial charge in [0.15, 0.2) is 0 Å². The van der Waals surface area contributed by atoms with E-state index in [0.29, 0.717) is 11.5 Å². The maximum atomic E-state index is 15.3. The standard InChI is InChI=1S/C30H43FO2/c1-3-5-6-7-22-10-13-26(14-11-22)27-15-17-29(30(31)19-27)28-16-12-23(18-25(28)4-2)8-9-24(20-32)21-33/h12,15-19,22,24,26,32-33H,3-11,13-14,20-21H2,1-2H3. The van der Waals surface area contributed by atoms with Crippen LogP contribution in [0, 0.1) is 17.7 Å². The molecule has 182 valence electrons. The molecule has 2 nitrogen and oxygen atoms in total. The van der Waals surface area contributed by atoms with Crippen molar-refractivity contribution in [3.8, 4) is 11.1 Å². The summed E-state index contributed by atoms with van der Waals surface area (Å²) in [5.74, 6) is 1.18. The predicted octanol–water partition coefficient (Wildman–Crippen LogP) is 7.44. The number of aryl methyl sites for hydroxylation is 2. The Morgan fingerprint density at radius 2 is 1.64 bits per heavy atom. The number of unbranched alkanes of at least 4 members (excludes halogenated alkanes) is 2. The highest BCUT2D eigenvalue weighted by Crippen LogP contribution is 2.39. The van der Waals surface area contributed by atoms with Gasteiger partial charge in [0.05, 0.1) is 0 Å². The molecule has 0 saturated heterocycles. The van der Waals surface area contributed by atoms with Crippen molar-refractivity contribution in [2.45, 2.75) is 90.4 Å². The second kappa shape index (κ2) is 13.2. The van der Waals surface area contributed by atoms with Crippen molar-refractivity contribution in [2.75, 3.05) is 13.2 Å². The van der Waals surface area contributed by atoms with E-state index in [2.05, 4.69) is 32.0 Å². The number of aliphatic hydroxyl groups is 2. The summed E-state index contributed by atoms with van der Waals surface area (Å²) in [7, 11) is 0. The van der Waals surface area contributed by atoms with Crippen molar-refractivity contribution >= 4 is 0 Å². The van der Waals surface area contributed by atoms with E-state index < -0.39 is 0 Å². The van der Waals surface area contributed by atoms with Crippen molar-refractivity contribution in [1.29, 1.82) is 0 Å². The first-order valence-electron chi connectivity index (χ1n) is 13.2. The molecule has 0 bridgehead atoms. The van der Waals surface area contributed by atoms with Crippen LogP contribution in [-0.2, 0) is 12.8 Å². The van der Waals surface area contributed by atoms with Gasteiger partial charge >= 0.3 is 0 Å². The summed E-state index contributed by atoms with van der Waals surface area (Å²) in [6, 6.07) is 12.2. The molecule has 0 unspecified atom stereocenters. The quantitative estimate of drug-likeness (QED) is 0.327. The van der Waals surface area contributed by atoms with Gasteiger partial charge in [-0.1, -0.05) is 69.9 Å². The maximum Gasteiger partial charge on any atom is 0.131 e. The van der Waals surface area contributed by atoms with E-state index in [9.17, 15) is 10.2 Å². The molecule has 0 heterocycles. The van der Waals surface area contributed by atoms with Crippen LogP contribution in [0.15, 0.2) is 36.4 Å². The molecule has 33 heavy (non-hydrogen) atoms. The normalized spacial score (nSPS) is 18.7. The minimum Gasteiger partial charge on any atom is -0.396 e. The molecule has 0 aliphatic heterocycles. The zero-order chi connectivity index (χ0) is 23.6. The van der Waals surface area contributed by atoms with Gasteiger partial charge in [-0.3, -0.25) is 0 Å². The Morgan fingerprint density at radius 1 is 0.909 bits per heavy atom. The third kappa shape index (κ3) is 7.13. The fraction of sp³-hybridized carbons (Fsp3) is 0.600. The van der Waals surface area contributed by atoms with E-state index in [0.717, 1.165) is 41.9 Å². The molecule has 0 radical (unpaired) electrons. The Bertz CT molecular complexity index is 850. The lowest BCUT2D eigenvalue weighted by molar-refractivity contribution is 0.144. The summed E-state index contributed by atoms with van der Waals surface area (Å²) in [6.45, 7) is 4.39. The molecular weight excluding hydrogens is 411 g/mol. The van der Waals surface area contributed by atoms with Crippen molar-refractivity contribution in [2.24, 2.45) is 11.8 Å². The third-order valence-corrected chi connectivity index (χ3v) is 7.73. The predicted molar refractivity (Wildman–Crippen MR) is 136 cm³/mol. The van der Waals surface area contributed by atoms with Crippen molar-refractivity contribution in [1.82, 2.24) is 0 Å². The molecule has 0 amide bonds. The molecule has 1 aliphatic carbocycles. The van der Waals surface area contributed by atoms with Crippen molar-refractivity contribution in [3.63, 3.8) is 0 Å². The Balaban J connectivity index is 1.67. The fourth-order valence-electron chi connectivity index (χ4n) is 5.44. The van der Waals surface area contributed by atoms with E-state index in [4.69, 9.17) is 0 Å². The van der Waals surface area contributed by atoms with E-state index in [1.807, 2.05) is 12.1 Å². The lowest BCUT2D eigenvalue weighted by atomic mass is 9.77. The van der Waals surface area contributed by atoms with Crippen molar-refractivity contribution in [3.05, 3.63) is 58.9 Å². The van der Waals surface area contributed by atoms with Crippen LogP contribution < -0.4 is 0 Å². The monoisotopic (exact) mass is 454 g/mol. The molecule has 3 rings (SSSR count). The molecule has 2 N–H and O–H groups in total. The first-order chi connectivity index (χ1) is 16.1. The molecule has 0 atom stereocenters. The Labute approximate surface area is 200 Å². The van der Waals surface area contributed by atoms with Crippen LogP contribution in [0.5, 0.6) is 0 Å². The molecular formula is C30H43FO2. The average molecular weight is 455 g/mol. The Hall–Kier alpha value is -1.71. The smallest absolute Gasteiger partial charge is 0.131 e. The molecule has 0 aromatic heterocycles. The lowest BCUT2D eigenvalue weighted by Gasteiger charge is -2.29. The SMILES string of the molecule is CCCCCC1CCC(c2ccc(-c3ccc(CCC(CO)CO)cc3CC)c(F)c2)CC1. The summed E-state index contributed by atoms with van der Waals surface area (Å²) >= 11 is 0. The molecule has 0 spiro atoms. The number of benzene rings is 2. The highest BCUT2D eigenvalue weighted by atomic mass is 19.1. The summed E-state index contributed by atoms with van der Waals surface area (Å²) < 4.78 is 15.3. The molecule has 3 heteroatoms. The molecule has 1 saturated carbocycles. The van der Waals surface area contributed by atoms with Gasteiger partial charge in [-0.15, -0.1) is 0 Å². The first kappa shape index (κ1) is 25.9. The average Bonchev–Trinajstić information content (AvgIpc) is 2.85. The number of halogens is 1. The van der Waals surface area contributed by atoms with E-state index >= 15 is 4.39 Å². The highest BCUT2D eigenvalue weighted by Gasteiger charge is 2.23. The van der Waals surface area contributed by atoms with Crippen LogP contribution >= 0.6 is 0 Å². The summed E-state index contributed by atoms with van der Waals surface area (Å²) in [4.78, 5) is 0. The van der Waals surface area contributed by atoms with Crippen LogP contribution in [0.1, 0.15) is 94.2 Å². The first-order valence-corrected chi connectivity index (χ1v) is 13.2. The Kier molecular flexibility index (Phi) is 10.4. The van der Waals surface area contributed by atoms with Crippen LogP contribution in [0.2, 0.25) is 0 Å². The van der Waals surface area contributed by atoms with Gasteiger partial charge in [-0.2, -0.15) is 0 Å². The molecule has 2 aromatic rings. The van der Waals surface area contributed by atoms with Gasteiger partial charge in [0.2, 0.25) is 0 Å². The van der Waals surface area contributed by atoms with E-state index in [1.165, 1.54) is 56.9 Å². The van der Waals surface area contributed by atoms with Crippen molar-refractivity contribution < 1.29 is 14.6 Å². The van der Waals surface area contributed by atoms with Crippen LogP contribution in [0.25, 0.3) is 11.1 Å². The van der Waals surface area contributed by atoms with E-state index in [1.54, 1.807) is 6.07 Å². The number of rotatable bonds is 12. The third-order valence-electron chi connectivity index (χ3n) is 7.73. The highest BCUT2D eigenvalue weighted by molar-refractivity contribution is 5.69. The van der Waals surface area contributed by atoms with Gasteiger partial charge < -0.3 is 10.2 Å².